The molecule has 2 atom stereocenters. The topological polar surface area (TPSA) is 81.4 Å². The fraction of sp³-hybridized carbons (Fsp3) is 0.529. The van der Waals surface area contributed by atoms with Crippen LogP contribution in [0.4, 0.5) is 0 Å². The van der Waals surface area contributed by atoms with Gasteiger partial charge in [0.05, 0.1) is 18.2 Å². The van der Waals surface area contributed by atoms with Gasteiger partial charge in [-0.15, -0.1) is 0 Å². The van der Waals surface area contributed by atoms with Crippen LogP contribution in [0.2, 0.25) is 0 Å². The Morgan fingerprint density at radius 3 is 3.17 bits per heavy atom. The molecule has 3 rings (SSSR count). The van der Waals surface area contributed by atoms with Crippen molar-refractivity contribution in [2.24, 2.45) is 0 Å². The molecule has 0 unspecified atom stereocenters. The van der Waals surface area contributed by atoms with E-state index in [9.17, 15) is 4.79 Å². The van der Waals surface area contributed by atoms with Crippen molar-refractivity contribution in [3.8, 4) is 0 Å². The van der Waals surface area contributed by atoms with E-state index in [1.165, 1.54) is 5.56 Å². The van der Waals surface area contributed by atoms with Gasteiger partial charge in [0.25, 0.3) is 0 Å². The quantitative estimate of drug-likeness (QED) is 0.836. The number of nitrogens with zero attached hydrogens (tertiary/aromatic N) is 4. The van der Waals surface area contributed by atoms with Crippen LogP contribution < -0.4 is 0 Å². The molecule has 0 spiro atoms. The molecule has 0 saturated carbocycles. The summed E-state index contributed by atoms with van der Waals surface area (Å²) in [5, 5.41) is 3.89. The highest BCUT2D eigenvalue weighted by Crippen LogP contribution is 2.31. The molecule has 0 N–H and O–H groups in total. The van der Waals surface area contributed by atoms with E-state index < -0.39 is 0 Å². The Bertz CT molecular complexity index is 715. The third-order valence-electron chi connectivity index (χ3n) is 4.44. The molecule has 2 heterocycles. The third kappa shape index (κ3) is 3.31. The van der Waals surface area contributed by atoms with E-state index in [1.807, 2.05) is 13.0 Å². The smallest absolute Gasteiger partial charge is 0.246 e. The molecule has 0 aromatic carbocycles. The number of hydrogen-bond acceptors (Lipinski definition) is 6. The number of carbonyl (C=O) groups is 1. The zero-order chi connectivity index (χ0) is 17.1. The van der Waals surface area contributed by atoms with Crippen LogP contribution in [0.5, 0.6) is 0 Å². The Balaban J connectivity index is 1.70. The molecule has 0 bridgehead atoms. The molecule has 1 amide bonds. The maximum atomic E-state index is 12.8. The van der Waals surface area contributed by atoms with E-state index >= 15 is 0 Å². The van der Waals surface area contributed by atoms with Crippen molar-refractivity contribution < 1.29 is 14.1 Å². The summed E-state index contributed by atoms with van der Waals surface area (Å²) in [7, 11) is 3.34. The first-order valence-electron chi connectivity index (χ1n) is 8.14. The number of aryl methyl sites for hydroxylation is 1. The van der Waals surface area contributed by atoms with Gasteiger partial charge in [-0.1, -0.05) is 11.2 Å². The van der Waals surface area contributed by atoms with Crippen LogP contribution in [0.3, 0.4) is 0 Å². The fourth-order valence-electron chi connectivity index (χ4n) is 3.00. The van der Waals surface area contributed by atoms with Gasteiger partial charge >= 0.3 is 0 Å². The SMILES string of the molecule is CO[C@@H](C)c1noc(CN(C)C(=O)[C@@H]2CCCc3cccnc32)n1. The summed E-state index contributed by atoms with van der Waals surface area (Å²) in [5.41, 5.74) is 2.07. The van der Waals surface area contributed by atoms with Gasteiger partial charge in [0, 0.05) is 20.4 Å². The lowest BCUT2D eigenvalue weighted by Gasteiger charge is -2.27. The fourth-order valence-corrected chi connectivity index (χ4v) is 3.00. The molecular formula is C17H22N4O3. The summed E-state index contributed by atoms with van der Waals surface area (Å²) < 4.78 is 10.4. The van der Waals surface area contributed by atoms with E-state index in [4.69, 9.17) is 9.26 Å². The molecular weight excluding hydrogens is 308 g/mol. The molecule has 0 aliphatic heterocycles. The first-order chi connectivity index (χ1) is 11.6. The highest BCUT2D eigenvalue weighted by Gasteiger charge is 2.30. The molecule has 1 aliphatic carbocycles. The monoisotopic (exact) mass is 330 g/mol. The zero-order valence-electron chi connectivity index (χ0n) is 14.2. The number of ether oxygens (including phenoxy) is 1. The van der Waals surface area contributed by atoms with Crippen molar-refractivity contribution in [2.45, 2.75) is 44.8 Å². The number of aromatic nitrogens is 3. The standard InChI is InChI=1S/C17H22N4O3/c1-11(23-3)16-19-14(24-20-16)10-21(2)17(22)13-8-4-6-12-7-5-9-18-15(12)13/h5,7,9,11,13H,4,6,8,10H2,1-3H3/t11-,13+/m0/s1. The van der Waals surface area contributed by atoms with Gasteiger partial charge in [-0.05, 0) is 37.8 Å². The highest BCUT2D eigenvalue weighted by atomic mass is 16.5. The Morgan fingerprint density at radius 1 is 1.54 bits per heavy atom. The van der Waals surface area contributed by atoms with Crippen molar-refractivity contribution in [3.05, 3.63) is 41.3 Å². The predicted molar refractivity (Wildman–Crippen MR) is 86.1 cm³/mol. The summed E-state index contributed by atoms with van der Waals surface area (Å²) in [6.07, 6.45) is 4.32. The van der Waals surface area contributed by atoms with Gasteiger partial charge in [-0.25, -0.2) is 0 Å². The summed E-state index contributed by atoms with van der Waals surface area (Å²) >= 11 is 0. The van der Waals surface area contributed by atoms with Crippen LogP contribution in [0.1, 0.15) is 54.8 Å². The van der Waals surface area contributed by atoms with Crippen LogP contribution in [0.15, 0.2) is 22.9 Å². The number of amides is 1. The Hall–Kier alpha value is -2.28. The lowest BCUT2D eigenvalue weighted by atomic mass is 9.86. The number of pyridine rings is 1. The minimum atomic E-state index is -0.238. The molecule has 7 heteroatoms. The Labute approximate surface area is 141 Å². The van der Waals surface area contributed by atoms with Crippen LogP contribution in [-0.2, 0) is 22.5 Å². The van der Waals surface area contributed by atoms with Crippen molar-refractivity contribution in [1.29, 1.82) is 0 Å². The first-order valence-corrected chi connectivity index (χ1v) is 8.14. The van der Waals surface area contributed by atoms with Crippen molar-refractivity contribution in [3.63, 3.8) is 0 Å². The van der Waals surface area contributed by atoms with Gasteiger partial charge < -0.3 is 14.2 Å². The third-order valence-corrected chi connectivity index (χ3v) is 4.44. The molecule has 1 aliphatic rings. The number of fused-ring (bicyclic) bond motifs is 1. The molecule has 2 aromatic heterocycles. The summed E-state index contributed by atoms with van der Waals surface area (Å²) in [5.74, 6) is 0.731. The van der Waals surface area contributed by atoms with Crippen LogP contribution in [-0.4, -0.2) is 40.1 Å². The van der Waals surface area contributed by atoms with Crippen LogP contribution >= 0.6 is 0 Å². The van der Waals surface area contributed by atoms with Crippen LogP contribution in [0.25, 0.3) is 0 Å². The number of carbonyl (C=O) groups excluding carboxylic acids is 1. The molecule has 24 heavy (non-hydrogen) atoms. The second-order valence-electron chi connectivity index (χ2n) is 6.11. The minimum absolute atomic E-state index is 0.0363. The average Bonchev–Trinajstić information content (AvgIpc) is 3.08. The second-order valence-corrected chi connectivity index (χ2v) is 6.11. The van der Waals surface area contributed by atoms with Gasteiger partial charge in [-0.2, -0.15) is 4.98 Å². The summed E-state index contributed by atoms with van der Waals surface area (Å²) in [6.45, 7) is 2.12. The van der Waals surface area contributed by atoms with Crippen LogP contribution in [0, 0.1) is 0 Å². The Kier molecular flexibility index (Phi) is 4.89. The van der Waals surface area contributed by atoms with Gasteiger partial charge in [-0.3, -0.25) is 9.78 Å². The number of hydrogen-bond donors (Lipinski definition) is 0. The normalized spacial score (nSPS) is 18.0. The summed E-state index contributed by atoms with van der Waals surface area (Å²) in [6, 6.07) is 3.98. The molecule has 128 valence electrons. The van der Waals surface area contributed by atoms with E-state index in [0.717, 1.165) is 25.0 Å². The van der Waals surface area contributed by atoms with Crippen molar-refractivity contribution in [1.82, 2.24) is 20.0 Å². The van der Waals surface area contributed by atoms with Gasteiger partial charge in [0.2, 0.25) is 11.8 Å². The molecule has 7 nitrogen and oxygen atoms in total. The number of rotatable bonds is 5. The number of likely N-dealkylation sites (N-methyl/N-ethyl adjacent to an activating group) is 1. The molecule has 0 saturated heterocycles. The lowest BCUT2D eigenvalue weighted by molar-refractivity contribution is -0.132. The molecule has 0 radical (unpaired) electrons. The van der Waals surface area contributed by atoms with Gasteiger partial charge in [0.15, 0.2) is 5.82 Å². The van der Waals surface area contributed by atoms with Crippen molar-refractivity contribution >= 4 is 5.91 Å². The van der Waals surface area contributed by atoms with E-state index in [1.54, 1.807) is 25.3 Å². The minimum Gasteiger partial charge on any atom is -0.374 e. The average molecular weight is 330 g/mol. The van der Waals surface area contributed by atoms with E-state index in [-0.39, 0.29) is 24.5 Å². The van der Waals surface area contributed by atoms with Crippen molar-refractivity contribution in [2.75, 3.05) is 14.2 Å². The lowest BCUT2D eigenvalue weighted by Crippen LogP contribution is -2.33. The van der Waals surface area contributed by atoms with Gasteiger partial charge in [0.1, 0.15) is 6.10 Å². The van der Waals surface area contributed by atoms with E-state index in [2.05, 4.69) is 21.2 Å². The molecule has 2 aromatic rings. The second kappa shape index (κ2) is 7.09. The maximum absolute atomic E-state index is 12.8. The van der Waals surface area contributed by atoms with E-state index in [0.29, 0.717) is 11.7 Å². The Morgan fingerprint density at radius 2 is 2.38 bits per heavy atom. The molecule has 0 fully saturated rings. The predicted octanol–water partition coefficient (Wildman–Crippen LogP) is 2.25. The highest BCUT2D eigenvalue weighted by molar-refractivity contribution is 5.83. The maximum Gasteiger partial charge on any atom is 0.246 e. The first kappa shape index (κ1) is 16.6. The number of methoxy groups -OCH3 is 1. The zero-order valence-corrected chi connectivity index (χ0v) is 14.2. The largest absolute Gasteiger partial charge is 0.374 e. The summed E-state index contributed by atoms with van der Waals surface area (Å²) in [4.78, 5) is 23.2.